The number of benzene rings is 2. The van der Waals surface area contributed by atoms with Gasteiger partial charge in [-0.05, 0) is 47.7 Å². The predicted molar refractivity (Wildman–Crippen MR) is 116 cm³/mol. The van der Waals surface area contributed by atoms with Crippen molar-refractivity contribution in [1.29, 1.82) is 0 Å². The monoisotopic (exact) mass is 434 g/mol. The summed E-state index contributed by atoms with van der Waals surface area (Å²) in [6.07, 6.45) is 2.18. The summed E-state index contributed by atoms with van der Waals surface area (Å²) in [7, 11) is -1.58. The van der Waals surface area contributed by atoms with Crippen molar-refractivity contribution in [3.8, 4) is 5.75 Å². The molecule has 0 saturated carbocycles. The first-order valence-electron chi connectivity index (χ1n) is 9.92. The van der Waals surface area contributed by atoms with Crippen LogP contribution in [0.3, 0.4) is 0 Å². The first-order valence-corrected chi connectivity index (χ1v) is 12.2. The molecule has 0 spiro atoms. The van der Waals surface area contributed by atoms with Crippen LogP contribution in [0.2, 0.25) is 5.02 Å². The van der Waals surface area contributed by atoms with Crippen molar-refractivity contribution >= 4 is 21.6 Å². The summed E-state index contributed by atoms with van der Waals surface area (Å²) < 4.78 is 31.9. The van der Waals surface area contributed by atoms with E-state index in [9.17, 15) is 8.42 Å². The van der Waals surface area contributed by atoms with Gasteiger partial charge in [-0.15, -0.1) is 0 Å². The Morgan fingerprint density at radius 1 is 1.14 bits per heavy atom. The molecule has 5 nitrogen and oxygen atoms in total. The van der Waals surface area contributed by atoms with Crippen molar-refractivity contribution < 1.29 is 13.2 Å². The molecule has 2 aromatic carbocycles. The topological polar surface area (TPSA) is 49.9 Å². The normalized spacial score (nSPS) is 25.7. The summed E-state index contributed by atoms with van der Waals surface area (Å²) in [5.41, 5.74) is 2.37. The lowest BCUT2D eigenvalue weighted by Gasteiger charge is -2.38. The number of likely N-dealkylation sites (tertiary alicyclic amines) is 1. The van der Waals surface area contributed by atoms with E-state index in [2.05, 4.69) is 23.1 Å². The lowest BCUT2D eigenvalue weighted by atomic mass is 9.82. The molecule has 156 valence electrons. The van der Waals surface area contributed by atoms with Gasteiger partial charge in [-0.1, -0.05) is 35.9 Å². The van der Waals surface area contributed by atoms with Crippen molar-refractivity contribution in [1.82, 2.24) is 9.21 Å². The van der Waals surface area contributed by atoms with Gasteiger partial charge in [0, 0.05) is 43.2 Å². The molecule has 0 amide bonds. The van der Waals surface area contributed by atoms with Crippen LogP contribution in [0, 0.1) is 5.92 Å². The van der Waals surface area contributed by atoms with E-state index in [1.54, 1.807) is 11.4 Å². The second-order valence-electron chi connectivity index (χ2n) is 8.10. The first kappa shape index (κ1) is 20.7. The molecule has 2 fully saturated rings. The van der Waals surface area contributed by atoms with E-state index in [0.29, 0.717) is 6.54 Å². The molecule has 7 heteroatoms. The Morgan fingerprint density at radius 3 is 2.55 bits per heavy atom. The minimum atomic E-state index is -3.24. The predicted octanol–water partition coefficient (Wildman–Crippen LogP) is 3.60. The minimum absolute atomic E-state index is 0.0627. The summed E-state index contributed by atoms with van der Waals surface area (Å²) >= 11 is 6.15. The highest BCUT2D eigenvalue weighted by atomic mass is 35.5. The zero-order chi connectivity index (χ0) is 20.6. The lowest BCUT2D eigenvalue weighted by Crippen LogP contribution is -2.47. The molecule has 0 aliphatic carbocycles. The fraction of sp³-hybridized carbons (Fsp3) is 0.455. The van der Waals surface area contributed by atoms with E-state index < -0.39 is 10.0 Å². The Morgan fingerprint density at radius 2 is 1.90 bits per heavy atom. The largest absolute Gasteiger partial charge is 0.497 e. The number of rotatable bonds is 5. The average molecular weight is 435 g/mol. The van der Waals surface area contributed by atoms with Gasteiger partial charge in [0.15, 0.2) is 0 Å². The van der Waals surface area contributed by atoms with Crippen molar-refractivity contribution in [3.63, 3.8) is 0 Å². The summed E-state index contributed by atoms with van der Waals surface area (Å²) in [5.74, 6) is 1.27. The second kappa shape index (κ2) is 8.26. The molecule has 0 N–H and O–H groups in total. The number of nitrogens with zero attached hydrogens (tertiary/aromatic N) is 2. The maximum absolute atomic E-state index is 12.5. The highest BCUT2D eigenvalue weighted by Crippen LogP contribution is 2.43. The Kier molecular flexibility index (Phi) is 5.89. The summed E-state index contributed by atoms with van der Waals surface area (Å²) in [4.78, 5) is 2.43. The van der Waals surface area contributed by atoms with Crippen LogP contribution in [0.5, 0.6) is 5.75 Å². The van der Waals surface area contributed by atoms with E-state index in [0.717, 1.165) is 36.8 Å². The summed E-state index contributed by atoms with van der Waals surface area (Å²) in [6, 6.07) is 16.1. The van der Waals surface area contributed by atoms with Gasteiger partial charge in [0.2, 0.25) is 10.0 Å². The molecular weight excluding hydrogens is 408 g/mol. The maximum atomic E-state index is 12.5. The molecule has 3 atom stereocenters. The van der Waals surface area contributed by atoms with E-state index in [1.807, 2.05) is 30.3 Å². The van der Waals surface area contributed by atoms with Crippen molar-refractivity contribution in [2.45, 2.75) is 24.9 Å². The summed E-state index contributed by atoms with van der Waals surface area (Å²) in [5, 5.41) is 0.748. The quantitative estimate of drug-likeness (QED) is 0.721. The molecule has 29 heavy (non-hydrogen) atoms. The maximum Gasteiger partial charge on any atom is 0.211 e. The Hall–Kier alpha value is -1.60. The molecule has 2 saturated heterocycles. The number of methoxy groups -OCH3 is 1. The van der Waals surface area contributed by atoms with Crippen LogP contribution in [-0.4, -0.2) is 56.7 Å². The van der Waals surface area contributed by atoms with E-state index in [-0.39, 0.29) is 17.9 Å². The lowest BCUT2D eigenvalue weighted by molar-refractivity contribution is 0.130. The van der Waals surface area contributed by atoms with Gasteiger partial charge in [-0.25, -0.2) is 8.42 Å². The van der Waals surface area contributed by atoms with E-state index in [4.69, 9.17) is 16.3 Å². The molecule has 2 heterocycles. The Labute approximate surface area is 178 Å². The van der Waals surface area contributed by atoms with Gasteiger partial charge in [0.25, 0.3) is 0 Å². The molecule has 4 rings (SSSR count). The smallest absolute Gasteiger partial charge is 0.211 e. The van der Waals surface area contributed by atoms with Crippen LogP contribution in [-0.2, 0) is 16.6 Å². The van der Waals surface area contributed by atoms with Crippen LogP contribution in [0.1, 0.15) is 23.5 Å². The van der Waals surface area contributed by atoms with Gasteiger partial charge < -0.3 is 4.74 Å². The number of halogens is 1. The highest BCUT2D eigenvalue weighted by Gasteiger charge is 2.48. The highest BCUT2D eigenvalue weighted by molar-refractivity contribution is 7.88. The number of hydrogen-bond donors (Lipinski definition) is 0. The van der Waals surface area contributed by atoms with E-state index >= 15 is 0 Å². The summed E-state index contributed by atoms with van der Waals surface area (Å²) in [6.45, 7) is 3.14. The number of hydrogen-bond acceptors (Lipinski definition) is 4. The molecule has 2 aromatic rings. The third-order valence-electron chi connectivity index (χ3n) is 6.23. The van der Waals surface area contributed by atoms with Crippen LogP contribution in [0.15, 0.2) is 48.5 Å². The van der Waals surface area contributed by atoms with Gasteiger partial charge in [0.05, 0.1) is 13.4 Å². The zero-order valence-corrected chi connectivity index (χ0v) is 18.4. The van der Waals surface area contributed by atoms with Crippen molar-refractivity contribution in [2.75, 3.05) is 33.0 Å². The first-order chi connectivity index (χ1) is 13.8. The van der Waals surface area contributed by atoms with Gasteiger partial charge in [0.1, 0.15) is 5.75 Å². The third-order valence-corrected chi connectivity index (χ3v) is 7.74. The Balaban J connectivity index is 1.58. The van der Waals surface area contributed by atoms with Gasteiger partial charge >= 0.3 is 0 Å². The zero-order valence-electron chi connectivity index (χ0n) is 16.8. The molecule has 0 aromatic heterocycles. The standard InChI is InChI=1S/C22H27ClN2O3S/c1-28-19-8-6-17(7-9-19)20-15-25(29(2,26)27)22-10-11-24(14-21(20)22)13-16-4-3-5-18(23)12-16/h3-9,12,20-22H,10-11,13-15H2,1-2H3/t20-,21-,22-/m1/s1. The number of piperidine rings is 1. The second-order valence-corrected chi connectivity index (χ2v) is 10.5. The average Bonchev–Trinajstić information content (AvgIpc) is 3.07. The number of ether oxygens (including phenoxy) is 1. The molecular formula is C22H27ClN2O3S. The van der Waals surface area contributed by atoms with Crippen LogP contribution < -0.4 is 4.74 Å². The fourth-order valence-electron chi connectivity index (χ4n) is 4.88. The van der Waals surface area contributed by atoms with E-state index in [1.165, 1.54) is 17.4 Å². The number of sulfonamides is 1. The number of fused-ring (bicyclic) bond motifs is 1. The molecule has 2 aliphatic heterocycles. The van der Waals surface area contributed by atoms with Gasteiger partial charge in [-0.3, -0.25) is 4.90 Å². The van der Waals surface area contributed by atoms with Crippen LogP contribution in [0.25, 0.3) is 0 Å². The van der Waals surface area contributed by atoms with Crippen molar-refractivity contribution in [2.24, 2.45) is 5.92 Å². The van der Waals surface area contributed by atoms with Crippen LogP contribution in [0.4, 0.5) is 0 Å². The molecule has 0 bridgehead atoms. The third kappa shape index (κ3) is 4.45. The SMILES string of the molecule is COc1ccc([C@H]2CN(S(C)(=O)=O)[C@@H]3CCN(Cc4cccc(Cl)c4)C[C@H]23)cc1. The van der Waals surface area contributed by atoms with Crippen molar-refractivity contribution in [3.05, 3.63) is 64.7 Å². The van der Waals surface area contributed by atoms with Crippen LogP contribution >= 0.6 is 11.6 Å². The Bertz CT molecular complexity index is 964. The van der Waals surface area contributed by atoms with Gasteiger partial charge in [-0.2, -0.15) is 4.31 Å². The molecule has 0 unspecified atom stereocenters. The minimum Gasteiger partial charge on any atom is -0.497 e. The molecule has 2 aliphatic rings. The fourth-order valence-corrected chi connectivity index (χ4v) is 6.28. The molecule has 0 radical (unpaired) electrons.